The summed E-state index contributed by atoms with van der Waals surface area (Å²) in [4.78, 5) is 0. The fourth-order valence-electron chi connectivity index (χ4n) is 2.34. The molecule has 0 fully saturated rings. The van der Waals surface area contributed by atoms with Gasteiger partial charge in [0.25, 0.3) is 0 Å². The Morgan fingerprint density at radius 3 is 1.15 bits per heavy atom. The van der Waals surface area contributed by atoms with Crippen molar-refractivity contribution in [3.63, 3.8) is 0 Å². The van der Waals surface area contributed by atoms with Crippen molar-refractivity contribution in [1.29, 1.82) is 0 Å². The molecule has 0 saturated heterocycles. The summed E-state index contributed by atoms with van der Waals surface area (Å²) in [5, 5.41) is 3.02. The zero-order valence-electron chi connectivity index (χ0n) is 12.9. The normalized spacial score (nSPS) is 12.8. The molecule has 104 valence electrons. The molecule has 0 aliphatic carbocycles. The maximum atomic E-state index is 2.53. The molecule has 0 amide bonds. The summed E-state index contributed by atoms with van der Waals surface area (Å²) in [6.45, 7) is 9.70. The average Bonchev–Trinajstić information content (AvgIpc) is 2.47. The van der Waals surface area contributed by atoms with Crippen LogP contribution in [0.2, 0.25) is 26.2 Å². The Hall–Kier alpha value is -1.39. The summed E-state index contributed by atoms with van der Waals surface area (Å²) in [6.07, 6.45) is 0. The van der Waals surface area contributed by atoms with Gasteiger partial charge in [-0.05, 0) is 0 Å². The largest absolute Gasteiger partial charge is 0.103 e. The highest BCUT2D eigenvalue weighted by molar-refractivity contribution is 6.98. The van der Waals surface area contributed by atoms with E-state index in [1.165, 1.54) is 10.4 Å². The SMILES string of the molecule is C[Si](C)(C=C[Si](C)(C)c1ccccc1)c1ccccc1. The molecular weight excluding hydrogens is 272 g/mol. The third kappa shape index (κ3) is 3.58. The van der Waals surface area contributed by atoms with Crippen LogP contribution >= 0.6 is 0 Å². The molecule has 0 unspecified atom stereocenters. The van der Waals surface area contributed by atoms with Crippen molar-refractivity contribution in [1.82, 2.24) is 0 Å². The summed E-state index contributed by atoms with van der Waals surface area (Å²) in [5.74, 6) is 0. The van der Waals surface area contributed by atoms with E-state index in [0.29, 0.717) is 0 Å². The van der Waals surface area contributed by atoms with Gasteiger partial charge >= 0.3 is 0 Å². The van der Waals surface area contributed by atoms with Gasteiger partial charge in [0, 0.05) is 0 Å². The first-order chi connectivity index (χ1) is 9.42. The van der Waals surface area contributed by atoms with Crippen molar-refractivity contribution in [3.05, 3.63) is 72.1 Å². The van der Waals surface area contributed by atoms with E-state index in [9.17, 15) is 0 Å². The lowest BCUT2D eigenvalue weighted by Gasteiger charge is -2.23. The second kappa shape index (κ2) is 5.94. The summed E-state index contributed by atoms with van der Waals surface area (Å²) < 4.78 is 0. The highest BCUT2D eigenvalue weighted by Gasteiger charge is 2.24. The second-order valence-electron chi connectivity index (χ2n) is 6.51. The van der Waals surface area contributed by atoms with Crippen LogP contribution < -0.4 is 10.4 Å². The van der Waals surface area contributed by atoms with Crippen LogP contribution in [-0.4, -0.2) is 16.1 Å². The summed E-state index contributed by atoms with van der Waals surface area (Å²) in [7, 11) is -2.94. The quantitative estimate of drug-likeness (QED) is 0.752. The molecule has 0 radical (unpaired) electrons. The maximum absolute atomic E-state index is 2.53. The molecule has 0 saturated carbocycles. The summed E-state index contributed by atoms with van der Waals surface area (Å²) in [6, 6.07) is 21.9. The van der Waals surface area contributed by atoms with Crippen LogP contribution in [0.5, 0.6) is 0 Å². The predicted molar refractivity (Wildman–Crippen MR) is 96.3 cm³/mol. The van der Waals surface area contributed by atoms with E-state index in [4.69, 9.17) is 0 Å². The van der Waals surface area contributed by atoms with Crippen LogP contribution in [0.25, 0.3) is 0 Å². The lowest BCUT2D eigenvalue weighted by molar-refractivity contribution is 1.69. The first-order valence-electron chi connectivity index (χ1n) is 7.23. The van der Waals surface area contributed by atoms with Gasteiger partial charge < -0.3 is 0 Å². The van der Waals surface area contributed by atoms with Gasteiger partial charge in [-0.15, -0.1) is 0 Å². The Labute approximate surface area is 125 Å². The van der Waals surface area contributed by atoms with Crippen LogP contribution in [0.3, 0.4) is 0 Å². The fourth-order valence-corrected chi connectivity index (χ4v) is 8.17. The van der Waals surface area contributed by atoms with E-state index in [1.807, 2.05) is 0 Å². The number of benzene rings is 2. The Morgan fingerprint density at radius 2 is 0.850 bits per heavy atom. The van der Waals surface area contributed by atoms with Gasteiger partial charge in [-0.25, -0.2) is 0 Å². The molecule has 2 heteroatoms. The van der Waals surface area contributed by atoms with Gasteiger partial charge in [0.1, 0.15) is 16.1 Å². The van der Waals surface area contributed by atoms with E-state index in [1.54, 1.807) is 0 Å². The highest BCUT2D eigenvalue weighted by Crippen LogP contribution is 2.10. The minimum absolute atomic E-state index is 1.47. The van der Waals surface area contributed by atoms with Gasteiger partial charge in [0.2, 0.25) is 0 Å². The van der Waals surface area contributed by atoms with Crippen LogP contribution in [0.4, 0.5) is 0 Å². The zero-order valence-corrected chi connectivity index (χ0v) is 14.9. The molecular formula is C18H24Si2. The number of hydrogen-bond donors (Lipinski definition) is 0. The van der Waals surface area contributed by atoms with Gasteiger partial charge in [-0.2, -0.15) is 0 Å². The van der Waals surface area contributed by atoms with Crippen LogP contribution in [0, 0.1) is 0 Å². The van der Waals surface area contributed by atoms with Gasteiger partial charge in [-0.1, -0.05) is 109 Å². The average molecular weight is 297 g/mol. The topological polar surface area (TPSA) is 0 Å². The minimum Gasteiger partial charge on any atom is -0.0978 e. The van der Waals surface area contributed by atoms with Crippen molar-refractivity contribution in [2.45, 2.75) is 26.2 Å². The maximum Gasteiger partial charge on any atom is 0.103 e. The molecule has 0 aromatic heterocycles. The zero-order chi connectivity index (χ0) is 14.6. The van der Waals surface area contributed by atoms with Crippen molar-refractivity contribution in [3.8, 4) is 0 Å². The molecule has 0 nitrogen and oxygen atoms in total. The molecule has 20 heavy (non-hydrogen) atoms. The van der Waals surface area contributed by atoms with Crippen LogP contribution in [0.1, 0.15) is 0 Å². The van der Waals surface area contributed by atoms with E-state index >= 15 is 0 Å². The summed E-state index contributed by atoms with van der Waals surface area (Å²) in [5.41, 5.74) is 5.06. The molecule has 0 spiro atoms. The number of hydrogen-bond acceptors (Lipinski definition) is 0. The molecule has 2 aromatic carbocycles. The first-order valence-corrected chi connectivity index (χ1v) is 13.4. The lowest BCUT2D eigenvalue weighted by Crippen LogP contribution is -2.43. The molecule has 0 heterocycles. The van der Waals surface area contributed by atoms with Crippen molar-refractivity contribution < 1.29 is 0 Å². The lowest BCUT2D eigenvalue weighted by atomic mass is 10.4. The summed E-state index contributed by atoms with van der Waals surface area (Å²) >= 11 is 0. The van der Waals surface area contributed by atoms with Crippen LogP contribution in [0.15, 0.2) is 72.1 Å². The third-order valence-electron chi connectivity index (χ3n) is 3.95. The van der Waals surface area contributed by atoms with Crippen molar-refractivity contribution in [2.24, 2.45) is 0 Å². The molecule has 0 N–H and O–H groups in total. The fraction of sp³-hybridized carbons (Fsp3) is 0.222. The van der Waals surface area contributed by atoms with Gasteiger partial charge in [0.05, 0.1) is 0 Å². The monoisotopic (exact) mass is 296 g/mol. The molecule has 0 bridgehead atoms. The standard InChI is InChI=1S/C18H24Si2/c1-19(2,17-11-7-5-8-12-17)15-16-20(3,4)18-13-9-6-10-14-18/h5-16H,1-4H3. The minimum atomic E-state index is -1.47. The molecule has 2 rings (SSSR count). The van der Waals surface area contributed by atoms with E-state index in [2.05, 4.69) is 98.3 Å². The first kappa shape index (κ1) is 15.0. The molecule has 0 atom stereocenters. The van der Waals surface area contributed by atoms with Crippen molar-refractivity contribution >= 4 is 26.5 Å². The smallest absolute Gasteiger partial charge is 0.0978 e. The van der Waals surface area contributed by atoms with Gasteiger partial charge in [0.15, 0.2) is 0 Å². The molecule has 0 aliphatic rings. The Morgan fingerprint density at radius 1 is 0.550 bits per heavy atom. The van der Waals surface area contributed by atoms with E-state index in [0.717, 1.165) is 0 Å². The third-order valence-corrected chi connectivity index (χ3v) is 9.93. The molecule has 2 aromatic rings. The second-order valence-corrected chi connectivity index (χ2v) is 15.2. The van der Waals surface area contributed by atoms with Crippen molar-refractivity contribution in [2.75, 3.05) is 0 Å². The highest BCUT2D eigenvalue weighted by atomic mass is 28.3. The van der Waals surface area contributed by atoms with Crippen LogP contribution in [-0.2, 0) is 0 Å². The van der Waals surface area contributed by atoms with Gasteiger partial charge in [-0.3, -0.25) is 0 Å². The predicted octanol–water partition coefficient (Wildman–Crippen LogP) is 3.85. The Kier molecular flexibility index (Phi) is 4.46. The Bertz CT molecular complexity index is 515. The number of rotatable bonds is 4. The Balaban J connectivity index is 2.24. The van der Waals surface area contributed by atoms with E-state index < -0.39 is 16.1 Å². The molecule has 0 aliphatic heterocycles. The van der Waals surface area contributed by atoms with E-state index in [-0.39, 0.29) is 0 Å².